The van der Waals surface area contributed by atoms with E-state index in [0.717, 1.165) is 17.3 Å². The lowest BCUT2D eigenvalue weighted by Gasteiger charge is -1.97. The SMILES string of the molecule is ClCCCc1cncc(Br)c1. The molecule has 1 heterocycles. The summed E-state index contributed by atoms with van der Waals surface area (Å²) in [5, 5.41) is 0. The summed E-state index contributed by atoms with van der Waals surface area (Å²) < 4.78 is 1.03. The minimum atomic E-state index is 0.715. The molecule has 0 aliphatic carbocycles. The number of aromatic nitrogens is 1. The minimum absolute atomic E-state index is 0.715. The highest BCUT2D eigenvalue weighted by molar-refractivity contribution is 9.10. The molecule has 0 unspecified atom stereocenters. The third-order valence-corrected chi connectivity index (χ3v) is 2.06. The number of hydrogen-bond acceptors (Lipinski definition) is 1. The fourth-order valence-electron chi connectivity index (χ4n) is 0.864. The molecule has 11 heavy (non-hydrogen) atoms. The second-order valence-corrected chi connectivity index (χ2v) is 3.60. The third kappa shape index (κ3) is 3.21. The van der Waals surface area contributed by atoms with E-state index in [0.29, 0.717) is 5.88 Å². The van der Waals surface area contributed by atoms with Crippen molar-refractivity contribution in [1.29, 1.82) is 0 Å². The third-order valence-electron chi connectivity index (χ3n) is 1.36. The summed E-state index contributed by atoms with van der Waals surface area (Å²) in [7, 11) is 0. The average Bonchev–Trinajstić information content (AvgIpc) is 2.01. The first-order valence-electron chi connectivity index (χ1n) is 3.48. The highest BCUT2D eigenvalue weighted by atomic mass is 79.9. The van der Waals surface area contributed by atoms with Crippen molar-refractivity contribution < 1.29 is 0 Å². The lowest BCUT2D eigenvalue weighted by Crippen LogP contribution is -1.87. The highest BCUT2D eigenvalue weighted by Gasteiger charge is 1.93. The second kappa shape index (κ2) is 4.73. The number of hydrogen-bond donors (Lipinski definition) is 0. The van der Waals surface area contributed by atoms with Crippen LogP contribution in [0.4, 0.5) is 0 Å². The first kappa shape index (κ1) is 9.01. The summed E-state index contributed by atoms with van der Waals surface area (Å²) in [4.78, 5) is 4.05. The van der Waals surface area contributed by atoms with Crippen molar-refractivity contribution in [3.05, 3.63) is 28.5 Å². The lowest BCUT2D eigenvalue weighted by atomic mass is 10.2. The summed E-state index contributed by atoms with van der Waals surface area (Å²) in [6.45, 7) is 0. The Kier molecular flexibility index (Phi) is 3.87. The van der Waals surface area contributed by atoms with Crippen LogP contribution in [0.15, 0.2) is 22.9 Å². The summed E-state index contributed by atoms with van der Waals surface area (Å²) in [6.07, 6.45) is 5.68. The summed E-state index contributed by atoms with van der Waals surface area (Å²) in [5.41, 5.74) is 1.24. The Hall–Kier alpha value is -0.0800. The molecule has 0 saturated carbocycles. The molecule has 1 nitrogen and oxygen atoms in total. The van der Waals surface area contributed by atoms with Crippen molar-refractivity contribution in [3.8, 4) is 0 Å². The molecule has 0 N–H and O–H groups in total. The molecule has 1 aromatic heterocycles. The molecule has 0 atom stereocenters. The Balaban J connectivity index is 2.56. The largest absolute Gasteiger partial charge is 0.263 e. The smallest absolute Gasteiger partial charge is 0.0410 e. The van der Waals surface area contributed by atoms with Gasteiger partial charge in [0, 0.05) is 22.7 Å². The van der Waals surface area contributed by atoms with Crippen LogP contribution in [0.1, 0.15) is 12.0 Å². The zero-order valence-corrected chi connectivity index (χ0v) is 8.40. The molecule has 0 aliphatic heterocycles. The van der Waals surface area contributed by atoms with Crippen molar-refractivity contribution in [2.24, 2.45) is 0 Å². The van der Waals surface area contributed by atoms with Gasteiger partial charge in [0.05, 0.1) is 0 Å². The molecule has 0 bridgehead atoms. The van der Waals surface area contributed by atoms with Crippen LogP contribution in [-0.4, -0.2) is 10.9 Å². The fourth-order valence-corrected chi connectivity index (χ4v) is 1.41. The maximum absolute atomic E-state index is 5.56. The maximum Gasteiger partial charge on any atom is 0.0410 e. The second-order valence-electron chi connectivity index (χ2n) is 2.30. The van der Waals surface area contributed by atoms with E-state index in [2.05, 4.69) is 27.0 Å². The zero-order chi connectivity index (χ0) is 8.10. The Morgan fingerprint density at radius 1 is 1.45 bits per heavy atom. The number of nitrogens with zero attached hydrogens (tertiary/aromatic N) is 1. The van der Waals surface area contributed by atoms with Crippen LogP contribution in [0.2, 0.25) is 0 Å². The molecule has 0 spiro atoms. The standard InChI is InChI=1S/C8H9BrClN/c9-8-4-7(2-1-3-10)5-11-6-8/h4-6H,1-3H2. The molecular formula is C8H9BrClN. The summed E-state index contributed by atoms with van der Waals surface area (Å²) in [5.74, 6) is 0.715. The van der Waals surface area contributed by atoms with Crippen LogP contribution >= 0.6 is 27.5 Å². The van der Waals surface area contributed by atoms with E-state index in [4.69, 9.17) is 11.6 Å². The van der Waals surface area contributed by atoms with E-state index in [1.807, 2.05) is 6.20 Å². The van der Waals surface area contributed by atoms with Gasteiger partial charge in [0.15, 0.2) is 0 Å². The van der Waals surface area contributed by atoms with Crippen LogP contribution in [0, 0.1) is 0 Å². The molecule has 0 saturated heterocycles. The predicted octanol–water partition coefficient (Wildman–Crippen LogP) is 3.02. The van der Waals surface area contributed by atoms with E-state index >= 15 is 0 Å². The van der Waals surface area contributed by atoms with Gasteiger partial charge in [0.25, 0.3) is 0 Å². The number of halogens is 2. The minimum Gasteiger partial charge on any atom is -0.263 e. The molecule has 60 valence electrons. The normalized spacial score (nSPS) is 10.0. The van der Waals surface area contributed by atoms with Crippen LogP contribution in [0.25, 0.3) is 0 Å². The van der Waals surface area contributed by atoms with Gasteiger partial charge in [-0.3, -0.25) is 4.98 Å². The first-order valence-corrected chi connectivity index (χ1v) is 4.81. The zero-order valence-electron chi connectivity index (χ0n) is 6.06. The molecule has 0 fully saturated rings. The van der Waals surface area contributed by atoms with Gasteiger partial charge in [-0.25, -0.2) is 0 Å². The fraction of sp³-hybridized carbons (Fsp3) is 0.375. The van der Waals surface area contributed by atoms with Crippen molar-refractivity contribution in [3.63, 3.8) is 0 Å². The van der Waals surface area contributed by atoms with Crippen LogP contribution in [-0.2, 0) is 6.42 Å². The molecule has 0 aliphatic rings. The van der Waals surface area contributed by atoms with Gasteiger partial charge in [-0.05, 0) is 40.4 Å². The van der Waals surface area contributed by atoms with E-state index in [1.54, 1.807) is 6.20 Å². The molecule has 1 aromatic rings. The maximum atomic E-state index is 5.56. The number of alkyl halides is 1. The quantitative estimate of drug-likeness (QED) is 0.733. The van der Waals surface area contributed by atoms with Gasteiger partial charge in [0.1, 0.15) is 0 Å². The molecule has 0 radical (unpaired) electrons. The molecule has 0 aromatic carbocycles. The first-order chi connectivity index (χ1) is 5.33. The highest BCUT2D eigenvalue weighted by Crippen LogP contribution is 2.10. The molecule has 1 rings (SSSR count). The van der Waals surface area contributed by atoms with Crippen LogP contribution < -0.4 is 0 Å². The topological polar surface area (TPSA) is 12.9 Å². The monoisotopic (exact) mass is 233 g/mol. The van der Waals surface area contributed by atoms with Gasteiger partial charge >= 0.3 is 0 Å². The van der Waals surface area contributed by atoms with E-state index in [9.17, 15) is 0 Å². The lowest BCUT2D eigenvalue weighted by molar-refractivity contribution is 0.919. The van der Waals surface area contributed by atoms with Crippen molar-refractivity contribution >= 4 is 27.5 Å². The van der Waals surface area contributed by atoms with Crippen molar-refractivity contribution in [2.75, 3.05) is 5.88 Å². The van der Waals surface area contributed by atoms with E-state index < -0.39 is 0 Å². The van der Waals surface area contributed by atoms with Crippen LogP contribution in [0.5, 0.6) is 0 Å². The van der Waals surface area contributed by atoms with Gasteiger partial charge in [-0.15, -0.1) is 11.6 Å². The van der Waals surface area contributed by atoms with Gasteiger partial charge in [0.2, 0.25) is 0 Å². The number of rotatable bonds is 3. The van der Waals surface area contributed by atoms with Gasteiger partial charge in [-0.2, -0.15) is 0 Å². The Bertz CT molecular complexity index is 227. The molecule has 0 amide bonds. The predicted molar refractivity (Wildman–Crippen MR) is 51.0 cm³/mol. The summed E-state index contributed by atoms with van der Waals surface area (Å²) >= 11 is 8.92. The summed E-state index contributed by atoms with van der Waals surface area (Å²) in [6, 6.07) is 2.07. The van der Waals surface area contributed by atoms with Crippen LogP contribution in [0.3, 0.4) is 0 Å². The Morgan fingerprint density at radius 3 is 2.91 bits per heavy atom. The van der Waals surface area contributed by atoms with E-state index in [1.165, 1.54) is 5.56 Å². The Morgan fingerprint density at radius 2 is 2.27 bits per heavy atom. The van der Waals surface area contributed by atoms with Crippen molar-refractivity contribution in [1.82, 2.24) is 4.98 Å². The Labute approximate surface area is 79.9 Å². The van der Waals surface area contributed by atoms with Gasteiger partial charge < -0.3 is 0 Å². The van der Waals surface area contributed by atoms with Crippen molar-refractivity contribution in [2.45, 2.75) is 12.8 Å². The molecule has 3 heteroatoms. The number of aryl methyl sites for hydroxylation is 1. The average molecular weight is 235 g/mol. The molecular weight excluding hydrogens is 225 g/mol. The van der Waals surface area contributed by atoms with E-state index in [-0.39, 0.29) is 0 Å². The number of pyridine rings is 1. The van der Waals surface area contributed by atoms with Gasteiger partial charge in [-0.1, -0.05) is 0 Å².